The largest absolute Gasteiger partial charge is 0.478 e. The Labute approximate surface area is 119 Å². The molecule has 0 atom stereocenters. The van der Waals surface area contributed by atoms with Crippen LogP contribution in [0.1, 0.15) is 36.6 Å². The molecule has 1 aromatic heterocycles. The quantitative estimate of drug-likeness (QED) is 0.835. The van der Waals surface area contributed by atoms with E-state index in [0.29, 0.717) is 0 Å². The van der Waals surface area contributed by atoms with Crippen LogP contribution in [0.15, 0.2) is 30.3 Å². The Balaban J connectivity index is 2.50. The summed E-state index contributed by atoms with van der Waals surface area (Å²) in [5.74, 6) is -0.935. The van der Waals surface area contributed by atoms with E-state index in [1.54, 1.807) is 6.08 Å². The summed E-state index contributed by atoms with van der Waals surface area (Å²) >= 11 is 0. The SMILES string of the molecule is CCCCc1ccc2nc(C)cc(/C=C/C(=O)O)c2c1. The summed E-state index contributed by atoms with van der Waals surface area (Å²) in [5.41, 5.74) is 3.99. The molecular weight excluding hydrogens is 250 g/mol. The van der Waals surface area contributed by atoms with Crippen molar-refractivity contribution in [3.05, 3.63) is 47.2 Å². The smallest absolute Gasteiger partial charge is 0.328 e. The minimum atomic E-state index is -0.935. The first-order valence-electron chi connectivity index (χ1n) is 6.91. The van der Waals surface area contributed by atoms with E-state index in [2.05, 4.69) is 24.0 Å². The molecule has 0 radical (unpaired) electrons. The molecule has 0 amide bonds. The molecule has 0 aliphatic rings. The third-order valence-electron chi connectivity index (χ3n) is 3.26. The maximum Gasteiger partial charge on any atom is 0.328 e. The highest BCUT2D eigenvalue weighted by atomic mass is 16.4. The second kappa shape index (κ2) is 6.33. The normalized spacial score (nSPS) is 11.3. The lowest BCUT2D eigenvalue weighted by Crippen LogP contribution is -1.92. The van der Waals surface area contributed by atoms with E-state index in [9.17, 15) is 4.79 Å². The average Bonchev–Trinajstić information content (AvgIpc) is 2.42. The summed E-state index contributed by atoms with van der Waals surface area (Å²) in [6.45, 7) is 4.09. The third kappa shape index (κ3) is 3.44. The van der Waals surface area contributed by atoms with Crippen LogP contribution in [-0.4, -0.2) is 16.1 Å². The number of carboxylic acid groups (broad SMARTS) is 1. The van der Waals surface area contributed by atoms with Gasteiger partial charge in [-0.2, -0.15) is 0 Å². The topological polar surface area (TPSA) is 50.2 Å². The van der Waals surface area contributed by atoms with Crippen molar-refractivity contribution in [3.63, 3.8) is 0 Å². The average molecular weight is 269 g/mol. The third-order valence-corrected chi connectivity index (χ3v) is 3.26. The Bertz CT molecular complexity index is 659. The number of pyridine rings is 1. The van der Waals surface area contributed by atoms with Gasteiger partial charge in [-0.1, -0.05) is 19.4 Å². The summed E-state index contributed by atoms with van der Waals surface area (Å²) < 4.78 is 0. The van der Waals surface area contributed by atoms with Gasteiger partial charge in [0.15, 0.2) is 0 Å². The van der Waals surface area contributed by atoms with Gasteiger partial charge in [-0.05, 0) is 55.2 Å². The summed E-state index contributed by atoms with van der Waals surface area (Å²) in [6.07, 6.45) is 6.18. The molecule has 0 bridgehead atoms. The van der Waals surface area contributed by atoms with Crippen molar-refractivity contribution in [2.24, 2.45) is 0 Å². The minimum Gasteiger partial charge on any atom is -0.478 e. The molecule has 0 saturated heterocycles. The lowest BCUT2D eigenvalue weighted by Gasteiger charge is -2.07. The lowest BCUT2D eigenvalue weighted by atomic mass is 10.0. The summed E-state index contributed by atoms with van der Waals surface area (Å²) in [4.78, 5) is 15.2. The fourth-order valence-corrected chi connectivity index (χ4v) is 2.27. The first-order valence-corrected chi connectivity index (χ1v) is 6.91. The molecule has 0 fully saturated rings. The van der Waals surface area contributed by atoms with Crippen molar-refractivity contribution in [2.45, 2.75) is 33.1 Å². The van der Waals surface area contributed by atoms with Gasteiger partial charge in [0.2, 0.25) is 0 Å². The molecule has 3 heteroatoms. The highest BCUT2D eigenvalue weighted by Crippen LogP contribution is 2.22. The zero-order valence-corrected chi connectivity index (χ0v) is 11.9. The molecule has 1 aromatic carbocycles. The molecule has 1 N–H and O–H groups in total. The number of fused-ring (bicyclic) bond motifs is 1. The summed E-state index contributed by atoms with van der Waals surface area (Å²) in [6, 6.07) is 8.17. The van der Waals surface area contributed by atoms with Crippen molar-refractivity contribution in [1.29, 1.82) is 0 Å². The van der Waals surface area contributed by atoms with E-state index >= 15 is 0 Å². The molecule has 2 aromatic rings. The maximum absolute atomic E-state index is 10.7. The molecule has 0 spiro atoms. The highest BCUT2D eigenvalue weighted by Gasteiger charge is 2.04. The van der Waals surface area contributed by atoms with Crippen LogP contribution < -0.4 is 0 Å². The Hall–Kier alpha value is -2.16. The first-order chi connectivity index (χ1) is 9.60. The van der Waals surface area contributed by atoms with Crippen LogP contribution in [0, 0.1) is 6.92 Å². The summed E-state index contributed by atoms with van der Waals surface area (Å²) in [5, 5.41) is 9.80. The molecule has 0 saturated carbocycles. The molecule has 20 heavy (non-hydrogen) atoms. The summed E-state index contributed by atoms with van der Waals surface area (Å²) in [7, 11) is 0. The van der Waals surface area contributed by atoms with Gasteiger partial charge in [0.05, 0.1) is 5.52 Å². The molecule has 3 nitrogen and oxygen atoms in total. The van der Waals surface area contributed by atoms with Crippen LogP contribution >= 0.6 is 0 Å². The number of carboxylic acids is 1. The number of rotatable bonds is 5. The molecule has 0 aliphatic heterocycles. The maximum atomic E-state index is 10.7. The van der Waals surface area contributed by atoms with Crippen molar-refractivity contribution in [2.75, 3.05) is 0 Å². The van der Waals surface area contributed by atoms with Gasteiger partial charge >= 0.3 is 5.97 Å². The number of benzene rings is 1. The molecular formula is C17H19NO2. The second-order valence-corrected chi connectivity index (χ2v) is 4.98. The number of aromatic nitrogens is 1. The van der Waals surface area contributed by atoms with Gasteiger partial charge in [0.1, 0.15) is 0 Å². The van der Waals surface area contributed by atoms with Crippen LogP contribution in [0.2, 0.25) is 0 Å². The van der Waals surface area contributed by atoms with Crippen LogP contribution in [-0.2, 0) is 11.2 Å². The molecule has 104 valence electrons. The van der Waals surface area contributed by atoms with E-state index in [1.165, 1.54) is 11.6 Å². The highest BCUT2D eigenvalue weighted by molar-refractivity contribution is 5.93. The van der Waals surface area contributed by atoms with E-state index in [1.807, 2.05) is 19.1 Å². The Kier molecular flexibility index (Phi) is 4.51. The van der Waals surface area contributed by atoms with Crippen LogP contribution in [0.3, 0.4) is 0 Å². The number of aryl methyl sites for hydroxylation is 2. The predicted molar refractivity (Wildman–Crippen MR) is 81.8 cm³/mol. The van der Waals surface area contributed by atoms with Crippen molar-refractivity contribution in [1.82, 2.24) is 4.98 Å². The fourth-order valence-electron chi connectivity index (χ4n) is 2.27. The standard InChI is InChI=1S/C17H19NO2/c1-3-4-5-13-6-8-16-15(11-13)14(7-9-17(19)20)10-12(2)18-16/h6-11H,3-5H2,1-2H3,(H,19,20)/b9-7+. The van der Waals surface area contributed by atoms with Crippen molar-refractivity contribution >= 4 is 22.9 Å². The van der Waals surface area contributed by atoms with Gasteiger partial charge in [-0.3, -0.25) is 4.98 Å². The van der Waals surface area contributed by atoms with Crippen LogP contribution in [0.5, 0.6) is 0 Å². The Morgan fingerprint density at radius 2 is 2.15 bits per heavy atom. The van der Waals surface area contributed by atoms with Gasteiger partial charge in [0, 0.05) is 17.2 Å². The van der Waals surface area contributed by atoms with Crippen LogP contribution in [0.25, 0.3) is 17.0 Å². The minimum absolute atomic E-state index is 0.892. The van der Waals surface area contributed by atoms with Crippen molar-refractivity contribution in [3.8, 4) is 0 Å². The second-order valence-electron chi connectivity index (χ2n) is 4.98. The van der Waals surface area contributed by atoms with Gasteiger partial charge < -0.3 is 5.11 Å². The monoisotopic (exact) mass is 269 g/mol. The van der Waals surface area contributed by atoms with E-state index in [-0.39, 0.29) is 0 Å². The fraction of sp³-hybridized carbons (Fsp3) is 0.294. The zero-order valence-electron chi connectivity index (χ0n) is 11.9. The number of hydrogen-bond acceptors (Lipinski definition) is 2. The van der Waals surface area contributed by atoms with Gasteiger partial charge in [-0.25, -0.2) is 4.79 Å². The Morgan fingerprint density at radius 3 is 2.85 bits per heavy atom. The number of carbonyl (C=O) groups is 1. The van der Waals surface area contributed by atoms with Crippen LogP contribution in [0.4, 0.5) is 0 Å². The Morgan fingerprint density at radius 1 is 1.35 bits per heavy atom. The molecule has 1 heterocycles. The molecule has 0 aliphatic carbocycles. The van der Waals surface area contributed by atoms with Gasteiger partial charge in [-0.15, -0.1) is 0 Å². The molecule has 0 unspecified atom stereocenters. The van der Waals surface area contributed by atoms with Gasteiger partial charge in [0.25, 0.3) is 0 Å². The number of nitrogens with zero attached hydrogens (tertiary/aromatic N) is 1. The predicted octanol–water partition coefficient (Wildman–Crippen LogP) is 3.98. The van der Waals surface area contributed by atoms with Crippen molar-refractivity contribution < 1.29 is 9.90 Å². The van der Waals surface area contributed by atoms with E-state index in [4.69, 9.17) is 5.11 Å². The number of unbranched alkanes of at least 4 members (excludes halogenated alkanes) is 1. The first kappa shape index (κ1) is 14.3. The molecule has 2 rings (SSSR count). The number of hydrogen-bond donors (Lipinski definition) is 1. The van der Waals surface area contributed by atoms with E-state index in [0.717, 1.165) is 41.4 Å². The zero-order chi connectivity index (χ0) is 14.5. The lowest BCUT2D eigenvalue weighted by molar-refractivity contribution is -0.131. The van der Waals surface area contributed by atoms with E-state index < -0.39 is 5.97 Å². The number of aliphatic carboxylic acids is 1.